The predicted octanol–water partition coefficient (Wildman–Crippen LogP) is -0.787. The summed E-state index contributed by atoms with van der Waals surface area (Å²) in [6, 6.07) is -2.71. The largest absolute Gasteiger partial charge is 0.480 e. The van der Waals surface area contributed by atoms with Crippen LogP contribution in [0.1, 0.15) is 26.7 Å². The summed E-state index contributed by atoms with van der Waals surface area (Å²) in [5.41, 5.74) is 5.75. The lowest BCUT2D eigenvalue weighted by atomic mass is 9.99. The fourth-order valence-corrected chi connectivity index (χ4v) is 2.79. The molecule has 0 fully saturated rings. The number of carboxylic acid groups (broad SMARTS) is 1. The summed E-state index contributed by atoms with van der Waals surface area (Å²) in [6.07, 6.45) is 2.95. The van der Waals surface area contributed by atoms with Crippen molar-refractivity contribution in [1.82, 2.24) is 16.0 Å². The Kier molecular flexibility index (Phi) is 12.9. The summed E-state index contributed by atoms with van der Waals surface area (Å²) >= 11 is 5.60. The second-order valence-electron chi connectivity index (χ2n) is 6.12. The van der Waals surface area contributed by atoms with Gasteiger partial charge in [0.2, 0.25) is 17.7 Å². The van der Waals surface area contributed by atoms with E-state index in [9.17, 15) is 19.2 Å². The Labute approximate surface area is 169 Å². The SMILES string of the molecule is CCC(C)C(NC(=O)CNC(=O)C(CS)NC(=O)C(N)CCSC)C(=O)O. The summed E-state index contributed by atoms with van der Waals surface area (Å²) in [4.78, 5) is 47.3. The van der Waals surface area contributed by atoms with Gasteiger partial charge in [0.25, 0.3) is 0 Å². The number of nitrogens with two attached hydrogens (primary N) is 1. The van der Waals surface area contributed by atoms with Crippen LogP contribution < -0.4 is 21.7 Å². The molecule has 6 N–H and O–H groups in total. The Morgan fingerprint density at radius 1 is 1.19 bits per heavy atom. The van der Waals surface area contributed by atoms with Crippen molar-refractivity contribution in [1.29, 1.82) is 0 Å². The third-order valence-corrected chi connectivity index (χ3v) is 5.01. The number of carbonyl (C=O) groups is 4. The number of amides is 3. The van der Waals surface area contributed by atoms with Gasteiger partial charge in [-0.15, -0.1) is 0 Å². The third kappa shape index (κ3) is 9.87. The van der Waals surface area contributed by atoms with Crippen LogP contribution in [-0.4, -0.2) is 71.2 Å². The second-order valence-corrected chi connectivity index (χ2v) is 7.47. The van der Waals surface area contributed by atoms with E-state index >= 15 is 0 Å². The van der Waals surface area contributed by atoms with Crippen LogP contribution in [0.5, 0.6) is 0 Å². The van der Waals surface area contributed by atoms with Gasteiger partial charge in [0.05, 0.1) is 12.6 Å². The van der Waals surface area contributed by atoms with Gasteiger partial charge in [-0.1, -0.05) is 20.3 Å². The molecule has 0 aromatic heterocycles. The highest BCUT2D eigenvalue weighted by Crippen LogP contribution is 2.07. The standard InChI is InChI=1S/C16H30N4O5S2/c1-4-9(2)13(16(24)25)20-12(21)7-18-15(23)11(8-26)19-14(22)10(17)5-6-27-3/h9-11,13,26H,4-8,17H2,1-3H3,(H,18,23)(H,19,22)(H,20,21)(H,24,25). The number of thioether (sulfide) groups is 1. The number of carboxylic acids is 1. The highest BCUT2D eigenvalue weighted by molar-refractivity contribution is 7.98. The summed E-state index contributed by atoms with van der Waals surface area (Å²) in [5.74, 6) is -2.34. The molecule has 0 aliphatic rings. The second kappa shape index (κ2) is 13.7. The maximum Gasteiger partial charge on any atom is 0.326 e. The molecule has 11 heteroatoms. The molecule has 0 spiro atoms. The molecule has 0 rings (SSSR count). The summed E-state index contributed by atoms with van der Waals surface area (Å²) in [5, 5.41) is 16.4. The molecule has 4 unspecified atom stereocenters. The molecule has 0 aliphatic carbocycles. The Bertz CT molecular complexity index is 521. The first-order valence-corrected chi connectivity index (χ1v) is 10.7. The van der Waals surface area contributed by atoms with Crippen molar-refractivity contribution in [3.63, 3.8) is 0 Å². The van der Waals surface area contributed by atoms with Crippen molar-refractivity contribution in [3.05, 3.63) is 0 Å². The van der Waals surface area contributed by atoms with E-state index in [1.165, 1.54) is 0 Å². The Balaban J connectivity index is 4.56. The van der Waals surface area contributed by atoms with Crippen molar-refractivity contribution in [2.75, 3.05) is 24.3 Å². The monoisotopic (exact) mass is 422 g/mol. The van der Waals surface area contributed by atoms with Crippen LogP contribution in [0.15, 0.2) is 0 Å². The van der Waals surface area contributed by atoms with E-state index in [2.05, 4.69) is 28.6 Å². The van der Waals surface area contributed by atoms with Gasteiger partial charge >= 0.3 is 5.97 Å². The highest BCUT2D eigenvalue weighted by atomic mass is 32.2. The minimum absolute atomic E-state index is 0.0268. The van der Waals surface area contributed by atoms with Gasteiger partial charge in [-0.2, -0.15) is 24.4 Å². The first-order chi connectivity index (χ1) is 12.7. The first-order valence-electron chi connectivity index (χ1n) is 8.63. The minimum atomic E-state index is -1.14. The lowest BCUT2D eigenvalue weighted by Crippen LogP contribution is -2.54. The first kappa shape index (κ1) is 25.5. The summed E-state index contributed by atoms with van der Waals surface area (Å²) in [6.45, 7) is 3.13. The molecular weight excluding hydrogens is 392 g/mol. The van der Waals surface area contributed by atoms with Crippen LogP contribution in [0.4, 0.5) is 0 Å². The lowest BCUT2D eigenvalue weighted by Gasteiger charge is -2.21. The number of rotatable bonds is 13. The molecule has 0 bridgehead atoms. The lowest BCUT2D eigenvalue weighted by molar-refractivity contribution is -0.143. The zero-order valence-electron chi connectivity index (χ0n) is 15.9. The summed E-state index contributed by atoms with van der Waals surface area (Å²) in [7, 11) is 0. The summed E-state index contributed by atoms with van der Waals surface area (Å²) < 4.78 is 0. The molecule has 0 saturated carbocycles. The molecule has 4 atom stereocenters. The molecule has 0 saturated heterocycles. The van der Waals surface area contributed by atoms with Crippen molar-refractivity contribution < 1.29 is 24.3 Å². The van der Waals surface area contributed by atoms with Gasteiger partial charge in [-0.3, -0.25) is 14.4 Å². The van der Waals surface area contributed by atoms with Gasteiger partial charge in [0, 0.05) is 5.75 Å². The molecule has 0 aromatic carbocycles. The number of hydrogen-bond acceptors (Lipinski definition) is 7. The van der Waals surface area contributed by atoms with E-state index in [0.717, 1.165) is 0 Å². The van der Waals surface area contributed by atoms with Crippen LogP contribution in [0.3, 0.4) is 0 Å². The van der Waals surface area contributed by atoms with Crippen molar-refractivity contribution in [2.45, 2.75) is 44.8 Å². The van der Waals surface area contributed by atoms with Gasteiger partial charge in [0.1, 0.15) is 12.1 Å². The Hall–Kier alpha value is -1.46. The average Bonchev–Trinajstić information content (AvgIpc) is 2.65. The predicted molar refractivity (Wildman–Crippen MR) is 109 cm³/mol. The Morgan fingerprint density at radius 2 is 1.81 bits per heavy atom. The molecule has 0 radical (unpaired) electrons. The third-order valence-electron chi connectivity index (χ3n) is 4.00. The van der Waals surface area contributed by atoms with Crippen LogP contribution in [0, 0.1) is 5.92 Å². The van der Waals surface area contributed by atoms with Crippen LogP contribution in [-0.2, 0) is 19.2 Å². The molecule has 156 valence electrons. The van der Waals surface area contributed by atoms with E-state index < -0.39 is 48.4 Å². The quantitative estimate of drug-likeness (QED) is 0.213. The molecule has 9 nitrogen and oxygen atoms in total. The van der Waals surface area contributed by atoms with Crippen molar-refractivity contribution in [2.24, 2.45) is 11.7 Å². The van der Waals surface area contributed by atoms with Crippen LogP contribution >= 0.6 is 24.4 Å². The van der Waals surface area contributed by atoms with Gasteiger partial charge in [-0.05, 0) is 24.3 Å². The molecule has 3 amide bonds. The molecule has 0 heterocycles. The van der Waals surface area contributed by atoms with E-state index in [1.807, 2.05) is 13.2 Å². The van der Waals surface area contributed by atoms with E-state index in [0.29, 0.717) is 18.6 Å². The zero-order chi connectivity index (χ0) is 21.0. The maximum atomic E-state index is 12.1. The van der Waals surface area contributed by atoms with Crippen molar-refractivity contribution in [3.8, 4) is 0 Å². The average molecular weight is 423 g/mol. The molecule has 0 aliphatic heterocycles. The highest BCUT2D eigenvalue weighted by Gasteiger charge is 2.26. The smallest absolute Gasteiger partial charge is 0.326 e. The van der Waals surface area contributed by atoms with Crippen LogP contribution in [0.2, 0.25) is 0 Å². The van der Waals surface area contributed by atoms with E-state index in [4.69, 9.17) is 10.8 Å². The molecular formula is C16H30N4O5S2. The fourth-order valence-electron chi connectivity index (χ4n) is 2.05. The zero-order valence-corrected chi connectivity index (χ0v) is 17.6. The van der Waals surface area contributed by atoms with Gasteiger partial charge in [0.15, 0.2) is 0 Å². The topological polar surface area (TPSA) is 151 Å². The van der Waals surface area contributed by atoms with Crippen LogP contribution in [0.25, 0.3) is 0 Å². The van der Waals surface area contributed by atoms with E-state index in [1.54, 1.807) is 18.7 Å². The Morgan fingerprint density at radius 3 is 2.30 bits per heavy atom. The molecule has 27 heavy (non-hydrogen) atoms. The number of hydrogen-bond donors (Lipinski definition) is 6. The fraction of sp³-hybridized carbons (Fsp3) is 0.750. The number of nitrogens with one attached hydrogen (secondary N) is 3. The van der Waals surface area contributed by atoms with E-state index in [-0.39, 0.29) is 11.7 Å². The maximum absolute atomic E-state index is 12.1. The van der Waals surface area contributed by atoms with Crippen molar-refractivity contribution >= 4 is 48.1 Å². The van der Waals surface area contributed by atoms with Gasteiger partial charge in [-0.25, -0.2) is 4.79 Å². The number of carbonyl (C=O) groups excluding carboxylic acids is 3. The minimum Gasteiger partial charge on any atom is -0.480 e. The number of aliphatic carboxylic acids is 1. The normalized spacial score (nSPS) is 15.1. The van der Waals surface area contributed by atoms with Gasteiger partial charge < -0.3 is 26.8 Å². The number of thiol groups is 1. The molecule has 0 aromatic rings.